The van der Waals surface area contributed by atoms with E-state index in [1.54, 1.807) is 0 Å². The average Bonchev–Trinajstić information content (AvgIpc) is 2.53. The van der Waals surface area contributed by atoms with Crippen molar-refractivity contribution in [2.24, 2.45) is 0 Å². The first-order chi connectivity index (χ1) is 10.9. The fraction of sp³-hybridized carbons (Fsp3) is 0.579. The smallest absolute Gasteiger partial charge is 0.220 e. The largest absolute Gasteiger partial charge is 0.388 e. The third kappa shape index (κ3) is 5.17. The SMILES string of the molecule is Cc1ccc(C)c(C(=O)CCC(=O)NCC2(O)CCCCC2)c1. The van der Waals surface area contributed by atoms with Crippen molar-refractivity contribution >= 4 is 11.7 Å². The maximum absolute atomic E-state index is 12.3. The Balaban J connectivity index is 1.79. The molecule has 1 aromatic carbocycles. The third-order valence-electron chi connectivity index (χ3n) is 4.67. The molecule has 1 amide bonds. The molecule has 1 saturated carbocycles. The standard InChI is InChI=1S/C19H27NO3/c1-14-6-7-15(2)16(12-14)17(21)8-9-18(22)20-13-19(23)10-4-3-5-11-19/h6-7,12,23H,3-5,8-11,13H2,1-2H3,(H,20,22). The van der Waals surface area contributed by atoms with Gasteiger partial charge in [0.05, 0.1) is 5.60 Å². The van der Waals surface area contributed by atoms with Gasteiger partial charge < -0.3 is 10.4 Å². The Morgan fingerprint density at radius 2 is 1.83 bits per heavy atom. The van der Waals surface area contributed by atoms with Crippen molar-refractivity contribution in [1.82, 2.24) is 5.32 Å². The Labute approximate surface area is 138 Å². The number of hydrogen-bond acceptors (Lipinski definition) is 3. The van der Waals surface area contributed by atoms with Crippen molar-refractivity contribution in [1.29, 1.82) is 0 Å². The Bertz CT molecular complexity index is 574. The zero-order valence-corrected chi connectivity index (χ0v) is 14.2. The molecule has 0 unspecified atom stereocenters. The van der Waals surface area contributed by atoms with E-state index in [1.165, 1.54) is 0 Å². The number of carbonyl (C=O) groups is 2. The molecule has 0 aromatic heterocycles. The van der Waals surface area contributed by atoms with E-state index in [0.29, 0.717) is 12.1 Å². The van der Waals surface area contributed by atoms with E-state index < -0.39 is 5.60 Å². The van der Waals surface area contributed by atoms with Crippen LogP contribution in [0.3, 0.4) is 0 Å². The lowest BCUT2D eigenvalue weighted by Crippen LogP contribution is -2.44. The number of amides is 1. The zero-order chi connectivity index (χ0) is 16.9. The van der Waals surface area contributed by atoms with Gasteiger partial charge in [0.15, 0.2) is 5.78 Å². The van der Waals surface area contributed by atoms with Crippen molar-refractivity contribution in [3.05, 3.63) is 34.9 Å². The lowest BCUT2D eigenvalue weighted by molar-refractivity contribution is -0.122. The minimum Gasteiger partial charge on any atom is -0.388 e. The van der Waals surface area contributed by atoms with Crippen molar-refractivity contribution in [2.75, 3.05) is 6.54 Å². The van der Waals surface area contributed by atoms with Gasteiger partial charge in [-0.25, -0.2) is 0 Å². The summed E-state index contributed by atoms with van der Waals surface area (Å²) < 4.78 is 0. The van der Waals surface area contributed by atoms with E-state index in [4.69, 9.17) is 0 Å². The maximum Gasteiger partial charge on any atom is 0.220 e. The first-order valence-corrected chi connectivity index (χ1v) is 8.49. The van der Waals surface area contributed by atoms with Gasteiger partial charge in [0, 0.05) is 24.9 Å². The highest BCUT2D eigenvalue weighted by molar-refractivity contribution is 5.99. The quantitative estimate of drug-likeness (QED) is 0.792. The van der Waals surface area contributed by atoms with Crippen LogP contribution in [0.2, 0.25) is 0 Å². The number of Topliss-reactive ketones (excluding diaryl/α,β-unsaturated/α-hetero) is 1. The summed E-state index contributed by atoms with van der Waals surface area (Å²) in [4.78, 5) is 24.2. The van der Waals surface area contributed by atoms with Gasteiger partial charge in [0.2, 0.25) is 5.91 Å². The molecule has 126 valence electrons. The molecule has 1 aliphatic carbocycles. The van der Waals surface area contributed by atoms with Crippen molar-refractivity contribution in [2.45, 2.75) is 64.4 Å². The fourth-order valence-electron chi connectivity index (χ4n) is 3.14. The summed E-state index contributed by atoms with van der Waals surface area (Å²) in [5.41, 5.74) is 1.93. The average molecular weight is 317 g/mol. The summed E-state index contributed by atoms with van der Waals surface area (Å²) in [5.74, 6) is -0.166. The highest BCUT2D eigenvalue weighted by atomic mass is 16.3. The Kier molecular flexibility index (Phi) is 5.94. The van der Waals surface area contributed by atoms with E-state index in [-0.39, 0.29) is 24.5 Å². The number of aliphatic hydroxyl groups is 1. The van der Waals surface area contributed by atoms with Crippen LogP contribution in [0.15, 0.2) is 18.2 Å². The molecule has 0 saturated heterocycles. The molecule has 4 heteroatoms. The number of ketones is 1. The molecule has 0 atom stereocenters. The van der Waals surface area contributed by atoms with Gasteiger partial charge in [-0.15, -0.1) is 0 Å². The number of nitrogens with one attached hydrogen (secondary N) is 1. The molecule has 23 heavy (non-hydrogen) atoms. The van der Waals surface area contributed by atoms with Crippen molar-refractivity contribution in [3.8, 4) is 0 Å². The Morgan fingerprint density at radius 1 is 1.13 bits per heavy atom. The number of carbonyl (C=O) groups excluding carboxylic acids is 2. The molecule has 1 aromatic rings. The number of rotatable bonds is 6. The molecule has 4 nitrogen and oxygen atoms in total. The second-order valence-corrected chi connectivity index (χ2v) is 6.80. The van der Waals surface area contributed by atoms with Gasteiger partial charge >= 0.3 is 0 Å². The normalized spacial score (nSPS) is 16.8. The lowest BCUT2D eigenvalue weighted by atomic mass is 9.85. The van der Waals surface area contributed by atoms with Crippen LogP contribution >= 0.6 is 0 Å². The van der Waals surface area contributed by atoms with Crippen LogP contribution in [0.1, 0.15) is 66.4 Å². The summed E-state index contributed by atoms with van der Waals surface area (Å²) in [6.45, 7) is 4.16. The van der Waals surface area contributed by atoms with Crippen molar-refractivity contribution in [3.63, 3.8) is 0 Å². The monoisotopic (exact) mass is 317 g/mol. The molecular weight excluding hydrogens is 290 g/mol. The summed E-state index contributed by atoms with van der Waals surface area (Å²) >= 11 is 0. The van der Waals surface area contributed by atoms with E-state index in [0.717, 1.165) is 43.2 Å². The number of benzene rings is 1. The van der Waals surface area contributed by atoms with Crippen LogP contribution in [-0.4, -0.2) is 28.9 Å². The molecule has 0 bridgehead atoms. The molecule has 2 rings (SSSR count). The van der Waals surface area contributed by atoms with Crippen LogP contribution in [0.25, 0.3) is 0 Å². The van der Waals surface area contributed by atoms with Gasteiger partial charge in [0.25, 0.3) is 0 Å². The predicted octanol–water partition coefficient (Wildman–Crippen LogP) is 3.08. The molecule has 2 N–H and O–H groups in total. The summed E-state index contributed by atoms with van der Waals surface area (Å²) in [7, 11) is 0. The highest BCUT2D eigenvalue weighted by Gasteiger charge is 2.29. The summed E-state index contributed by atoms with van der Waals surface area (Å²) in [5, 5.41) is 13.1. The second-order valence-electron chi connectivity index (χ2n) is 6.80. The maximum atomic E-state index is 12.3. The van der Waals surface area contributed by atoms with Gasteiger partial charge in [-0.2, -0.15) is 0 Å². The summed E-state index contributed by atoms with van der Waals surface area (Å²) in [6.07, 6.45) is 5.04. The van der Waals surface area contributed by atoms with Gasteiger partial charge in [-0.1, -0.05) is 37.0 Å². The van der Waals surface area contributed by atoms with Gasteiger partial charge in [-0.05, 0) is 38.3 Å². The van der Waals surface area contributed by atoms with Crippen LogP contribution < -0.4 is 5.32 Å². The number of hydrogen-bond donors (Lipinski definition) is 2. The fourth-order valence-corrected chi connectivity index (χ4v) is 3.14. The second kappa shape index (κ2) is 7.73. The molecule has 1 aliphatic rings. The molecule has 0 aliphatic heterocycles. The Hall–Kier alpha value is -1.68. The summed E-state index contributed by atoms with van der Waals surface area (Å²) in [6, 6.07) is 5.78. The molecule has 0 spiro atoms. The molecular formula is C19H27NO3. The molecule has 1 fully saturated rings. The van der Waals surface area contributed by atoms with Crippen LogP contribution in [0.4, 0.5) is 0 Å². The third-order valence-corrected chi connectivity index (χ3v) is 4.67. The van der Waals surface area contributed by atoms with E-state index in [1.807, 2.05) is 32.0 Å². The van der Waals surface area contributed by atoms with E-state index in [9.17, 15) is 14.7 Å². The number of aryl methyl sites for hydroxylation is 2. The van der Waals surface area contributed by atoms with E-state index in [2.05, 4.69) is 5.32 Å². The Morgan fingerprint density at radius 3 is 2.52 bits per heavy atom. The molecule has 0 heterocycles. The van der Waals surface area contributed by atoms with E-state index >= 15 is 0 Å². The zero-order valence-electron chi connectivity index (χ0n) is 14.2. The predicted molar refractivity (Wildman–Crippen MR) is 90.5 cm³/mol. The van der Waals surface area contributed by atoms with Crippen LogP contribution in [0.5, 0.6) is 0 Å². The van der Waals surface area contributed by atoms with Gasteiger partial charge in [0.1, 0.15) is 0 Å². The lowest BCUT2D eigenvalue weighted by Gasteiger charge is -2.32. The van der Waals surface area contributed by atoms with Crippen LogP contribution in [0, 0.1) is 13.8 Å². The first kappa shape index (κ1) is 17.7. The van der Waals surface area contributed by atoms with Crippen LogP contribution in [-0.2, 0) is 4.79 Å². The topological polar surface area (TPSA) is 66.4 Å². The highest BCUT2D eigenvalue weighted by Crippen LogP contribution is 2.27. The molecule has 0 radical (unpaired) electrons. The first-order valence-electron chi connectivity index (χ1n) is 8.49. The minimum absolute atomic E-state index is 0.00210. The van der Waals surface area contributed by atoms with Crippen molar-refractivity contribution < 1.29 is 14.7 Å². The van der Waals surface area contributed by atoms with Gasteiger partial charge in [-0.3, -0.25) is 9.59 Å². The minimum atomic E-state index is -0.759.